The number of sulfone groups is 1. The molecule has 0 aliphatic carbocycles. The Labute approximate surface area is 154 Å². The van der Waals surface area contributed by atoms with E-state index in [2.05, 4.69) is 5.32 Å². The average Bonchev–Trinajstić information content (AvgIpc) is 2.57. The van der Waals surface area contributed by atoms with Gasteiger partial charge in [-0.1, -0.05) is 11.6 Å². The maximum atomic E-state index is 12.5. The first-order valence-corrected chi connectivity index (χ1v) is 9.39. The van der Waals surface area contributed by atoms with Crippen LogP contribution in [0.4, 0.5) is 14.5 Å². The molecule has 26 heavy (non-hydrogen) atoms. The van der Waals surface area contributed by atoms with Gasteiger partial charge >= 0.3 is 5.76 Å². The third-order valence-electron chi connectivity index (χ3n) is 3.49. The Kier molecular flexibility index (Phi) is 6.20. The van der Waals surface area contributed by atoms with Crippen molar-refractivity contribution >= 4 is 33.0 Å². The fourth-order valence-corrected chi connectivity index (χ4v) is 3.01. The highest BCUT2D eigenvalue weighted by Crippen LogP contribution is 2.24. The van der Waals surface area contributed by atoms with Crippen molar-refractivity contribution in [2.45, 2.75) is 30.6 Å². The van der Waals surface area contributed by atoms with Crippen LogP contribution in [-0.4, -0.2) is 26.2 Å². The molecule has 1 N–H and O–H groups in total. The Bertz CT molecular complexity index is 901. The highest BCUT2D eigenvalue weighted by Gasteiger charge is 2.26. The van der Waals surface area contributed by atoms with Crippen molar-refractivity contribution in [2.75, 3.05) is 5.32 Å². The number of ether oxygens (including phenoxy) is 1. The molecule has 0 heterocycles. The fraction of sp³-hybridized carbons (Fsp3) is 0.235. The lowest BCUT2D eigenvalue weighted by atomic mass is 10.2. The van der Waals surface area contributed by atoms with Gasteiger partial charge in [-0.15, -0.1) is 0 Å². The molecule has 0 saturated heterocycles. The van der Waals surface area contributed by atoms with E-state index in [1.54, 1.807) is 32.0 Å². The van der Waals surface area contributed by atoms with Crippen LogP contribution in [0, 0.1) is 6.92 Å². The van der Waals surface area contributed by atoms with Gasteiger partial charge in [0.25, 0.3) is 5.91 Å². The zero-order valence-corrected chi connectivity index (χ0v) is 15.4. The first kappa shape index (κ1) is 20.1. The zero-order chi connectivity index (χ0) is 19.5. The van der Waals surface area contributed by atoms with Crippen molar-refractivity contribution in [2.24, 2.45) is 0 Å². The summed E-state index contributed by atoms with van der Waals surface area (Å²) in [6, 6.07) is 9.45. The Balaban J connectivity index is 2.05. The predicted octanol–water partition coefficient (Wildman–Crippen LogP) is 4.05. The smallest absolute Gasteiger partial charge is 0.341 e. The lowest BCUT2D eigenvalue weighted by Gasteiger charge is -2.16. The maximum Gasteiger partial charge on any atom is 0.341 e. The minimum Gasteiger partial charge on any atom is -0.481 e. The van der Waals surface area contributed by atoms with E-state index >= 15 is 0 Å². The number of hydrogen-bond acceptors (Lipinski definition) is 4. The molecule has 0 radical (unpaired) electrons. The van der Waals surface area contributed by atoms with E-state index < -0.39 is 32.5 Å². The van der Waals surface area contributed by atoms with Crippen LogP contribution in [0.5, 0.6) is 5.75 Å². The standard InChI is InChI=1S/C17H16ClF2NO4S/c1-10-9-12(18)3-8-15(10)25-11(2)16(22)21-13-4-6-14(7-5-13)26(23,24)17(19)20/h3-9,11,17H,1-2H3,(H,21,22)/t11-/m1/s1. The number of nitrogens with one attached hydrogen (secondary N) is 1. The van der Waals surface area contributed by atoms with Gasteiger partial charge in [0.1, 0.15) is 5.75 Å². The molecule has 2 aromatic carbocycles. The number of benzene rings is 2. The number of aryl methyl sites for hydroxylation is 1. The second-order valence-corrected chi connectivity index (χ2v) is 7.84. The molecule has 1 atom stereocenters. The molecule has 0 saturated carbocycles. The topological polar surface area (TPSA) is 72.5 Å². The number of anilines is 1. The van der Waals surface area contributed by atoms with Gasteiger partial charge < -0.3 is 10.1 Å². The second kappa shape index (κ2) is 8.01. The molecule has 0 bridgehead atoms. The monoisotopic (exact) mass is 403 g/mol. The van der Waals surface area contributed by atoms with E-state index in [0.29, 0.717) is 10.8 Å². The largest absolute Gasteiger partial charge is 0.481 e. The summed E-state index contributed by atoms with van der Waals surface area (Å²) in [6.07, 6.45) is -0.848. The second-order valence-electron chi connectivity index (χ2n) is 5.49. The molecular weight excluding hydrogens is 388 g/mol. The van der Waals surface area contributed by atoms with Crippen LogP contribution in [-0.2, 0) is 14.6 Å². The fourth-order valence-electron chi connectivity index (χ4n) is 2.06. The van der Waals surface area contributed by atoms with Crippen molar-refractivity contribution < 1.29 is 26.7 Å². The SMILES string of the molecule is Cc1cc(Cl)ccc1O[C@H](C)C(=O)Nc1ccc(S(=O)(=O)C(F)F)cc1. The summed E-state index contributed by atoms with van der Waals surface area (Å²) in [6.45, 7) is 3.33. The molecule has 0 unspecified atom stereocenters. The Morgan fingerprint density at radius 1 is 1.15 bits per heavy atom. The lowest BCUT2D eigenvalue weighted by molar-refractivity contribution is -0.122. The van der Waals surface area contributed by atoms with Crippen LogP contribution < -0.4 is 10.1 Å². The molecule has 5 nitrogen and oxygen atoms in total. The van der Waals surface area contributed by atoms with E-state index in [4.69, 9.17) is 16.3 Å². The summed E-state index contributed by atoms with van der Waals surface area (Å²) in [5.41, 5.74) is 1.02. The number of alkyl halides is 2. The quantitative estimate of drug-likeness (QED) is 0.789. The maximum absolute atomic E-state index is 12.5. The molecule has 0 aromatic heterocycles. The van der Waals surface area contributed by atoms with Crippen LogP contribution in [0.2, 0.25) is 5.02 Å². The summed E-state index contributed by atoms with van der Waals surface area (Å²) >= 11 is 5.86. The molecule has 2 aromatic rings. The number of carbonyl (C=O) groups is 1. The van der Waals surface area contributed by atoms with Gasteiger partial charge in [0.2, 0.25) is 9.84 Å². The first-order valence-electron chi connectivity index (χ1n) is 7.47. The molecule has 140 valence electrons. The van der Waals surface area contributed by atoms with Crippen molar-refractivity contribution in [3.05, 3.63) is 53.1 Å². The van der Waals surface area contributed by atoms with Crippen molar-refractivity contribution in [3.8, 4) is 5.75 Å². The average molecular weight is 404 g/mol. The van der Waals surface area contributed by atoms with Crippen molar-refractivity contribution in [1.29, 1.82) is 0 Å². The Morgan fingerprint density at radius 2 is 1.77 bits per heavy atom. The highest BCUT2D eigenvalue weighted by molar-refractivity contribution is 7.91. The molecule has 0 fully saturated rings. The molecule has 0 spiro atoms. The summed E-state index contributed by atoms with van der Waals surface area (Å²) in [7, 11) is -4.67. The summed E-state index contributed by atoms with van der Waals surface area (Å²) in [5.74, 6) is -3.49. The first-order chi connectivity index (χ1) is 12.1. The molecule has 9 heteroatoms. The number of rotatable bonds is 6. The molecule has 2 rings (SSSR count). The van der Waals surface area contributed by atoms with Gasteiger partial charge in [-0.2, -0.15) is 8.78 Å². The van der Waals surface area contributed by atoms with Crippen molar-refractivity contribution in [3.63, 3.8) is 0 Å². The Hall–Kier alpha value is -2.19. The minimum absolute atomic E-state index is 0.256. The summed E-state index contributed by atoms with van der Waals surface area (Å²) in [5, 5.41) is 3.08. The minimum atomic E-state index is -4.67. The van der Waals surface area contributed by atoms with Crippen LogP contribution in [0.3, 0.4) is 0 Å². The third kappa shape index (κ3) is 4.70. The van der Waals surface area contributed by atoms with E-state index in [-0.39, 0.29) is 5.69 Å². The van der Waals surface area contributed by atoms with E-state index in [9.17, 15) is 22.0 Å². The van der Waals surface area contributed by atoms with Crippen LogP contribution in [0.1, 0.15) is 12.5 Å². The van der Waals surface area contributed by atoms with Gasteiger partial charge in [-0.3, -0.25) is 4.79 Å². The summed E-state index contributed by atoms with van der Waals surface area (Å²) in [4.78, 5) is 11.7. The highest BCUT2D eigenvalue weighted by atomic mass is 35.5. The molecule has 1 amide bonds. The summed E-state index contributed by atoms with van der Waals surface area (Å²) < 4.78 is 53.3. The number of halogens is 3. The number of amides is 1. The van der Waals surface area contributed by atoms with Crippen molar-refractivity contribution in [1.82, 2.24) is 0 Å². The Morgan fingerprint density at radius 3 is 2.31 bits per heavy atom. The molecule has 0 aliphatic heterocycles. The van der Waals surface area contributed by atoms with E-state index in [1.807, 2.05) is 0 Å². The van der Waals surface area contributed by atoms with Gasteiger partial charge in [0.05, 0.1) is 4.90 Å². The van der Waals surface area contributed by atoms with E-state index in [1.165, 1.54) is 12.1 Å². The zero-order valence-electron chi connectivity index (χ0n) is 13.9. The van der Waals surface area contributed by atoms with Crippen LogP contribution >= 0.6 is 11.6 Å². The van der Waals surface area contributed by atoms with Crippen LogP contribution in [0.25, 0.3) is 0 Å². The van der Waals surface area contributed by atoms with Gasteiger partial charge in [0.15, 0.2) is 6.10 Å². The van der Waals surface area contributed by atoms with Gasteiger partial charge in [-0.05, 0) is 61.9 Å². The number of hydrogen-bond donors (Lipinski definition) is 1. The van der Waals surface area contributed by atoms with Crippen LogP contribution in [0.15, 0.2) is 47.4 Å². The normalized spacial score (nSPS) is 12.7. The lowest BCUT2D eigenvalue weighted by Crippen LogP contribution is -2.30. The number of carbonyl (C=O) groups excluding carboxylic acids is 1. The van der Waals surface area contributed by atoms with E-state index in [0.717, 1.165) is 17.7 Å². The van der Waals surface area contributed by atoms with Gasteiger partial charge in [0, 0.05) is 10.7 Å². The molecule has 0 aliphatic rings. The third-order valence-corrected chi connectivity index (χ3v) is 5.13. The molecular formula is C17H16ClF2NO4S. The predicted molar refractivity (Wildman–Crippen MR) is 94.5 cm³/mol. The van der Waals surface area contributed by atoms with Gasteiger partial charge in [-0.25, -0.2) is 8.42 Å².